The van der Waals surface area contributed by atoms with Crippen molar-refractivity contribution in [2.45, 2.75) is 13.5 Å². The minimum absolute atomic E-state index is 0.219. The molecule has 5 nitrogen and oxygen atoms in total. The van der Waals surface area contributed by atoms with Crippen LogP contribution in [0.4, 0.5) is 0 Å². The number of carbonyl (C=O) groups is 1. The van der Waals surface area contributed by atoms with Crippen LogP contribution in [0.1, 0.15) is 21.9 Å². The summed E-state index contributed by atoms with van der Waals surface area (Å²) in [6, 6.07) is 11.3. The predicted octanol–water partition coefficient (Wildman–Crippen LogP) is 2.70. The first-order valence-corrected chi connectivity index (χ1v) is 6.65. The van der Waals surface area contributed by atoms with Crippen LogP contribution in [0.3, 0.4) is 0 Å². The van der Waals surface area contributed by atoms with Gasteiger partial charge in [-0.25, -0.2) is 4.98 Å². The van der Waals surface area contributed by atoms with Gasteiger partial charge in [-0.2, -0.15) is 0 Å². The Kier molecular flexibility index (Phi) is 3.55. The van der Waals surface area contributed by atoms with Crippen molar-refractivity contribution in [1.29, 1.82) is 0 Å². The highest BCUT2D eigenvalue weighted by molar-refractivity contribution is 5.91. The average Bonchev–Trinajstić information content (AvgIpc) is 3.16. The first-order valence-electron chi connectivity index (χ1n) is 6.65. The van der Waals surface area contributed by atoms with Crippen molar-refractivity contribution >= 4 is 5.91 Å². The van der Waals surface area contributed by atoms with E-state index in [9.17, 15) is 4.79 Å². The van der Waals surface area contributed by atoms with E-state index in [4.69, 9.17) is 4.42 Å². The van der Waals surface area contributed by atoms with Crippen LogP contribution >= 0.6 is 0 Å². The maximum absolute atomic E-state index is 12.0. The van der Waals surface area contributed by atoms with Crippen LogP contribution in [-0.2, 0) is 6.54 Å². The molecule has 0 bridgehead atoms. The van der Waals surface area contributed by atoms with Gasteiger partial charge in [-0.3, -0.25) is 4.79 Å². The number of hydrogen-bond acceptors (Lipinski definition) is 3. The van der Waals surface area contributed by atoms with Gasteiger partial charge in [-0.05, 0) is 30.7 Å². The molecule has 5 heteroatoms. The predicted molar refractivity (Wildman–Crippen MR) is 78.2 cm³/mol. The molecule has 0 saturated carbocycles. The van der Waals surface area contributed by atoms with E-state index in [1.54, 1.807) is 24.7 Å². The molecule has 0 saturated heterocycles. The third-order valence-corrected chi connectivity index (χ3v) is 3.18. The number of nitrogens with zero attached hydrogens (tertiary/aromatic N) is 2. The van der Waals surface area contributed by atoms with Gasteiger partial charge in [0.05, 0.1) is 12.0 Å². The van der Waals surface area contributed by atoms with Crippen molar-refractivity contribution in [2.75, 3.05) is 0 Å². The maximum atomic E-state index is 12.0. The summed E-state index contributed by atoms with van der Waals surface area (Å²) < 4.78 is 7.22. The highest BCUT2D eigenvalue weighted by Crippen LogP contribution is 2.14. The Labute approximate surface area is 122 Å². The van der Waals surface area contributed by atoms with Crippen LogP contribution in [0.15, 0.2) is 59.5 Å². The summed E-state index contributed by atoms with van der Waals surface area (Å²) in [6.07, 6.45) is 5.33. The van der Waals surface area contributed by atoms with Crippen LogP contribution in [-0.4, -0.2) is 15.5 Å². The first kappa shape index (κ1) is 13.2. The van der Waals surface area contributed by atoms with Crippen LogP contribution < -0.4 is 5.32 Å². The molecule has 0 aliphatic heterocycles. The molecule has 0 atom stereocenters. The molecule has 0 aliphatic carbocycles. The molecule has 0 fully saturated rings. The summed E-state index contributed by atoms with van der Waals surface area (Å²) in [4.78, 5) is 16.1. The number of hydrogen-bond donors (Lipinski definition) is 1. The van der Waals surface area contributed by atoms with Crippen molar-refractivity contribution in [2.24, 2.45) is 0 Å². The summed E-state index contributed by atoms with van der Waals surface area (Å²) >= 11 is 0. The van der Waals surface area contributed by atoms with Crippen molar-refractivity contribution in [1.82, 2.24) is 14.9 Å². The zero-order chi connectivity index (χ0) is 14.7. The van der Waals surface area contributed by atoms with Crippen molar-refractivity contribution < 1.29 is 9.21 Å². The number of benzene rings is 1. The van der Waals surface area contributed by atoms with Crippen molar-refractivity contribution in [3.63, 3.8) is 0 Å². The van der Waals surface area contributed by atoms with Gasteiger partial charge in [-0.1, -0.05) is 18.2 Å². The number of carbonyl (C=O) groups excluding carboxylic acids is 1. The largest absolute Gasteiger partial charge is 0.456 e. The molecule has 2 aromatic heterocycles. The van der Waals surface area contributed by atoms with E-state index in [0.717, 1.165) is 17.0 Å². The Morgan fingerprint density at radius 3 is 2.86 bits per heavy atom. The Balaban J connectivity index is 1.75. The fourth-order valence-electron chi connectivity index (χ4n) is 2.13. The van der Waals surface area contributed by atoms with Gasteiger partial charge < -0.3 is 14.3 Å². The molecule has 3 aromatic rings. The maximum Gasteiger partial charge on any atom is 0.287 e. The minimum atomic E-state index is -0.219. The fraction of sp³-hybridized carbons (Fsp3) is 0.125. The lowest BCUT2D eigenvalue weighted by Crippen LogP contribution is -2.23. The zero-order valence-electron chi connectivity index (χ0n) is 11.6. The van der Waals surface area contributed by atoms with E-state index in [1.165, 1.54) is 0 Å². The fourth-order valence-corrected chi connectivity index (χ4v) is 2.13. The molecule has 0 unspecified atom stereocenters. The average molecular weight is 281 g/mol. The lowest BCUT2D eigenvalue weighted by Gasteiger charge is -2.10. The lowest BCUT2D eigenvalue weighted by atomic mass is 10.1. The van der Waals surface area contributed by atoms with E-state index in [0.29, 0.717) is 12.3 Å². The van der Waals surface area contributed by atoms with Gasteiger partial charge in [0, 0.05) is 18.9 Å². The number of aryl methyl sites for hydroxylation is 1. The molecule has 0 spiro atoms. The molecular formula is C16H15N3O2. The van der Waals surface area contributed by atoms with Gasteiger partial charge >= 0.3 is 0 Å². The van der Waals surface area contributed by atoms with Gasteiger partial charge in [0.15, 0.2) is 5.76 Å². The van der Waals surface area contributed by atoms with E-state index in [-0.39, 0.29) is 5.91 Å². The smallest absolute Gasteiger partial charge is 0.287 e. The summed E-state index contributed by atoms with van der Waals surface area (Å²) in [6.45, 7) is 2.23. The number of nitrogens with one attached hydrogen (secondary N) is 1. The second kappa shape index (κ2) is 5.66. The van der Waals surface area contributed by atoms with Crippen LogP contribution in [0.5, 0.6) is 0 Å². The number of furan rings is 1. The van der Waals surface area contributed by atoms with E-state index in [1.807, 2.05) is 42.0 Å². The summed E-state index contributed by atoms with van der Waals surface area (Å²) in [5.74, 6) is 0.829. The normalized spacial score (nSPS) is 10.5. The van der Waals surface area contributed by atoms with Crippen molar-refractivity contribution in [3.05, 3.63) is 72.2 Å². The molecule has 1 N–H and O–H groups in total. The highest BCUT2D eigenvalue weighted by Gasteiger charge is 2.10. The Morgan fingerprint density at radius 2 is 2.14 bits per heavy atom. The first-order chi connectivity index (χ1) is 10.2. The van der Waals surface area contributed by atoms with Crippen LogP contribution in [0, 0.1) is 6.92 Å². The second-order valence-electron chi connectivity index (χ2n) is 4.69. The SMILES string of the molecule is Cc1ccc(C(=O)NCc2ccccc2-n2ccnc2)o1. The minimum Gasteiger partial charge on any atom is -0.456 e. The molecule has 3 rings (SSSR count). The summed E-state index contributed by atoms with van der Waals surface area (Å²) in [5.41, 5.74) is 2.00. The van der Waals surface area contributed by atoms with Gasteiger partial charge in [0.2, 0.25) is 0 Å². The summed E-state index contributed by atoms with van der Waals surface area (Å²) in [5, 5.41) is 2.86. The summed E-state index contributed by atoms with van der Waals surface area (Å²) in [7, 11) is 0. The molecule has 1 amide bonds. The number of rotatable bonds is 4. The topological polar surface area (TPSA) is 60.1 Å². The second-order valence-corrected chi connectivity index (χ2v) is 4.69. The van der Waals surface area contributed by atoms with Crippen LogP contribution in [0.2, 0.25) is 0 Å². The van der Waals surface area contributed by atoms with Gasteiger partial charge in [0.1, 0.15) is 5.76 Å². The van der Waals surface area contributed by atoms with E-state index in [2.05, 4.69) is 10.3 Å². The standard InChI is InChI=1S/C16H15N3O2/c1-12-6-7-15(21-12)16(20)18-10-13-4-2-3-5-14(13)19-9-8-17-11-19/h2-9,11H,10H2,1H3,(H,18,20). The molecular weight excluding hydrogens is 266 g/mol. The van der Waals surface area contributed by atoms with E-state index < -0.39 is 0 Å². The number of para-hydroxylation sites is 1. The van der Waals surface area contributed by atoms with Crippen molar-refractivity contribution in [3.8, 4) is 5.69 Å². The quantitative estimate of drug-likeness (QED) is 0.800. The molecule has 21 heavy (non-hydrogen) atoms. The number of imidazole rings is 1. The van der Waals surface area contributed by atoms with Gasteiger partial charge in [0.25, 0.3) is 5.91 Å². The monoisotopic (exact) mass is 281 g/mol. The highest BCUT2D eigenvalue weighted by atomic mass is 16.3. The molecule has 1 aromatic carbocycles. The Morgan fingerprint density at radius 1 is 1.29 bits per heavy atom. The lowest BCUT2D eigenvalue weighted by molar-refractivity contribution is 0.0922. The number of amides is 1. The Bertz CT molecular complexity index is 744. The number of aromatic nitrogens is 2. The molecule has 106 valence electrons. The molecule has 2 heterocycles. The third-order valence-electron chi connectivity index (χ3n) is 3.18. The van der Waals surface area contributed by atoms with Gasteiger partial charge in [-0.15, -0.1) is 0 Å². The molecule has 0 radical (unpaired) electrons. The third kappa shape index (κ3) is 2.86. The molecule has 0 aliphatic rings. The zero-order valence-corrected chi connectivity index (χ0v) is 11.6. The Hall–Kier alpha value is -2.82. The van der Waals surface area contributed by atoms with E-state index >= 15 is 0 Å². The van der Waals surface area contributed by atoms with Crippen LogP contribution in [0.25, 0.3) is 5.69 Å².